The van der Waals surface area contributed by atoms with E-state index in [1.807, 2.05) is 48.5 Å². The van der Waals surface area contributed by atoms with Gasteiger partial charge in [0, 0.05) is 30.1 Å². The van der Waals surface area contributed by atoms with Crippen LogP contribution < -0.4 is 14.8 Å². The van der Waals surface area contributed by atoms with Gasteiger partial charge in [0.15, 0.2) is 0 Å². The third-order valence-electron chi connectivity index (χ3n) is 8.12. The van der Waals surface area contributed by atoms with Crippen molar-refractivity contribution in [3.63, 3.8) is 0 Å². The minimum atomic E-state index is -1.01. The summed E-state index contributed by atoms with van der Waals surface area (Å²) in [4.78, 5) is 13.2. The van der Waals surface area contributed by atoms with E-state index in [1.54, 1.807) is 0 Å². The van der Waals surface area contributed by atoms with Crippen molar-refractivity contribution in [3.05, 3.63) is 137 Å². The lowest BCUT2D eigenvalue weighted by atomic mass is 9.86. The number of carbonyl (C=O) groups is 1. The zero-order chi connectivity index (χ0) is 32.7. The molecule has 2 N–H and O–H groups in total. The molecule has 0 aromatic heterocycles. The van der Waals surface area contributed by atoms with Gasteiger partial charge in [-0.2, -0.15) is 0 Å². The fourth-order valence-corrected chi connectivity index (χ4v) is 5.78. The molecule has 6 nitrogen and oxygen atoms in total. The average molecular weight is 621 g/mol. The number of hydrogen-bond donors (Lipinski definition) is 2. The summed E-state index contributed by atoms with van der Waals surface area (Å²) in [7, 11) is 0. The molecule has 46 heavy (non-hydrogen) atoms. The summed E-state index contributed by atoms with van der Waals surface area (Å²) in [6, 6.07) is 36.3. The summed E-state index contributed by atoms with van der Waals surface area (Å²) in [5, 5.41) is 11.1. The number of amides is 1. The van der Waals surface area contributed by atoms with Crippen LogP contribution in [0.25, 0.3) is 6.08 Å². The minimum absolute atomic E-state index is 0.167. The van der Waals surface area contributed by atoms with Crippen molar-refractivity contribution in [2.45, 2.75) is 65.1 Å². The summed E-state index contributed by atoms with van der Waals surface area (Å²) in [6.45, 7) is 11.4. The van der Waals surface area contributed by atoms with Gasteiger partial charge in [-0.25, -0.2) is 4.79 Å². The first-order chi connectivity index (χ1) is 22.3. The molecule has 0 bridgehead atoms. The minimum Gasteiger partial charge on any atom is -0.490 e. The van der Waals surface area contributed by atoms with Gasteiger partial charge in [-0.15, -0.1) is 0 Å². The lowest BCUT2D eigenvalue weighted by Crippen LogP contribution is -2.38. The smallest absolute Gasteiger partial charge is 0.404 e. The van der Waals surface area contributed by atoms with Crippen molar-refractivity contribution >= 4 is 12.2 Å². The van der Waals surface area contributed by atoms with Crippen molar-refractivity contribution in [3.8, 4) is 11.5 Å². The van der Waals surface area contributed by atoms with Gasteiger partial charge >= 0.3 is 6.09 Å². The molecular weight excluding hydrogens is 572 g/mol. The summed E-state index contributed by atoms with van der Waals surface area (Å²) >= 11 is 0. The molecular formula is C40H48N2O4. The van der Waals surface area contributed by atoms with Crippen LogP contribution in [0.2, 0.25) is 0 Å². The molecule has 0 aliphatic heterocycles. The predicted molar refractivity (Wildman–Crippen MR) is 188 cm³/mol. The molecule has 1 atom stereocenters. The zero-order valence-electron chi connectivity index (χ0n) is 27.6. The summed E-state index contributed by atoms with van der Waals surface area (Å²) in [5.74, 6) is 1.85. The second-order valence-electron chi connectivity index (χ2n) is 12.1. The normalized spacial score (nSPS) is 12.2. The Bertz CT molecular complexity index is 1490. The molecule has 1 amide bonds. The maximum atomic E-state index is 10.7. The first-order valence-corrected chi connectivity index (χ1v) is 16.3. The lowest BCUT2D eigenvalue weighted by molar-refractivity contribution is 0.170. The van der Waals surface area contributed by atoms with E-state index in [1.165, 1.54) is 11.1 Å². The number of ether oxygens (including phenoxy) is 2. The Morgan fingerprint density at radius 3 is 2.15 bits per heavy atom. The SMILES string of the molecule is CC(C)N(CC[C@H](c1ccccc1)c1cc(/C=C/COc2ccc(CCNC(=O)O)cc2)ccc1OCc1ccccc1)C(C)C. The number of carboxylic acid groups (broad SMARTS) is 1. The lowest BCUT2D eigenvalue weighted by Gasteiger charge is -2.32. The highest BCUT2D eigenvalue weighted by atomic mass is 16.5. The fraction of sp³-hybridized carbons (Fsp3) is 0.325. The average Bonchev–Trinajstić information content (AvgIpc) is 3.05. The summed E-state index contributed by atoms with van der Waals surface area (Å²) in [6.07, 6.45) is 4.74. The van der Waals surface area contributed by atoms with Crippen molar-refractivity contribution < 1.29 is 19.4 Å². The Labute approximate surface area is 274 Å². The van der Waals surface area contributed by atoms with Crippen LogP contribution in [0.5, 0.6) is 11.5 Å². The molecule has 0 saturated carbocycles. The highest BCUT2D eigenvalue weighted by molar-refractivity contribution is 5.64. The molecule has 0 aliphatic carbocycles. The van der Waals surface area contributed by atoms with Gasteiger partial charge in [0.1, 0.15) is 24.7 Å². The maximum Gasteiger partial charge on any atom is 0.404 e. The van der Waals surface area contributed by atoms with E-state index in [4.69, 9.17) is 14.6 Å². The molecule has 4 aromatic carbocycles. The van der Waals surface area contributed by atoms with Crippen LogP contribution in [0.3, 0.4) is 0 Å². The second kappa shape index (κ2) is 17.8. The topological polar surface area (TPSA) is 71.0 Å². The number of hydrogen-bond acceptors (Lipinski definition) is 4. The van der Waals surface area contributed by atoms with E-state index < -0.39 is 6.09 Å². The van der Waals surface area contributed by atoms with E-state index in [2.05, 4.69) is 105 Å². The fourth-order valence-electron chi connectivity index (χ4n) is 5.78. The molecule has 0 unspecified atom stereocenters. The molecule has 0 saturated heterocycles. The van der Waals surface area contributed by atoms with Crippen LogP contribution in [-0.2, 0) is 13.0 Å². The first kappa shape index (κ1) is 34.3. The number of benzene rings is 4. The van der Waals surface area contributed by atoms with Crippen LogP contribution in [0.15, 0.2) is 109 Å². The first-order valence-electron chi connectivity index (χ1n) is 16.3. The van der Waals surface area contributed by atoms with E-state index >= 15 is 0 Å². The Kier molecular flexibility index (Phi) is 13.3. The largest absolute Gasteiger partial charge is 0.490 e. The molecule has 242 valence electrons. The standard InChI is InChI=1S/C40H48N2O4/c1-30(2)42(31(3)4)26-24-37(35-15-9-6-10-16-35)38-28-33(19-22-39(38)46-29-34-12-7-5-8-13-34)14-11-27-45-36-20-17-32(18-21-36)23-25-41-40(43)44/h5-22,28,30-31,37,41H,23-27,29H2,1-4H3,(H,43,44)/b14-11+/t37-/m1/s1. The van der Waals surface area contributed by atoms with Crippen molar-refractivity contribution in [2.75, 3.05) is 19.7 Å². The molecule has 6 heteroatoms. The third kappa shape index (κ3) is 10.8. The molecule has 0 heterocycles. The van der Waals surface area contributed by atoms with Gasteiger partial charge in [-0.05, 0) is 99.7 Å². The van der Waals surface area contributed by atoms with Crippen LogP contribution >= 0.6 is 0 Å². The van der Waals surface area contributed by atoms with E-state index in [-0.39, 0.29) is 5.92 Å². The Morgan fingerprint density at radius 1 is 0.826 bits per heavy atom. The quantitative estimate of drug-likeness (QED) is 0.123. The molecule has 0 fully saturated rings. The molecule has 0 aliphatic rings. The maximum absolute atomic E-state index is 10.7. The number of nitrogens with zero attached hydrogens (tertiary/aromatic N) is 1. The summed E-state index contributed by atoms with van der Waals surface area (Å²) < 4.78 is 12.5. The van der Waals surface area contributed by atoms with Crippen molar-refractivity contribution in [2.24, 2.45) is 0 Å². The van der Waals surface area contributed by atoms with Crippen LogP contribution in [0.4, 0.5) is 4.79 Å². The van der Waals surface area contributed by atoms with Gasteiger partial charge in [0.2, 0.25) is 0 Å². The van der Waals surface area contributed by atoms with Crippen LogP contribution in [0, 0.1) is 0 Å². The van der Waals surface area contributed by atoms with E-state index in [0.717, 1.165) is 41.2 Å². The van der Waals surface area contributed by atoms with Crippen LogP contribution in [0.1, 0.15) is 67.9 Å². The van der Waals surface area contributed by atoms with Crippen molar-refractivity contribution in [1.29, 1.82) is 0 Å². The highest BCUT2D eigenvalue weighted by Crippen LogP contribution is 2.36. The number of rotatable bonds is 17. The molecule has 4 rings (SSSR count). The van der Waals surface area contributed by atoms with Gasteiger partial charge in [0.25, 0.3) is 0 Å². The Hall–Kier alpha value is -4.55. The molecule has 4 aromatic rings. The number of nitrogens with one attached hydrogen (secondary N) is 1. The monoisotopic (exact) mass is 620 g/mol. The molecule has 0 radical (unpaired) electrons. The third-order valence-corrected chi connectivity index (χ3v) is 8.12. The predicted octanol–water partition coefficient (Wildman–Crippen LogP) is 8.81. The van der Waals surface area contributed by atoms with E-state index in [0.29, 0.717) is 38.3 Å². The Balaban J connectivity index is 1.53. The Morgan fingerprint density at radius 2 is 1.50 bits per heavy atom. The second-order valence-corrected chi connectivity index (χ2v) is 12.1. The summed E-state index contributed by atoms with van der Waals surface area (Å²) in [5.41, 5.74) is 5.76. The molecule has 0 spiro atoms. The van der Waals surface area contributed by atoms with E-state index in [9.17, 15) is 4.79 Å². The van der Waals surface area contributed by atoms with Gasteiger partial charge in [-0.1, -0.05) is 84.9 Å². The van der Waals surface area contributed by atoms with Gasteiger partial charge in [-0.3, -0.25) is 4.90 Å². The highest BCUT2D eigenvalue weighted by Gasteiger charge is 2.22. The van der Waals surface area contributed by atoms with Gasteiger partial charge < -0.3 is 19.9 Å². The van der Waals surface area contributed by atoms with Crippen LogP contribution in [-0.4, -0.2) is 47.9 Å². The van der Waals surface area contributed by atoms with Crippen molar-refractivity contribution in [1.82, 2.24) is 10.2 Å². The van der Waals surface area contributed by atoms with Gasteiger partial charge in [0.05, 0.1) is 0 Å². The zero-order valence-corrected chi connectivity index (χ0v) is 27.6.